The number of rotatable bonds is 5. The topological polar surface area (TPSA) is 84.2 Å². The predicted octanol–water partition coefficient (Wildman–Crippen LogP) is 3.93. The molecule has 2 aliphatic rings. The lowest BCUT2D eigenvalue weighted by molar-refractivity contribution is 0.0686. The highest BCUT2D eigenvalue weighted by atomic mass is 16.5. The number of nitrogens with one attached hydrogen (secondary N) is 1. The van der Waals surface area contributed by atoms with Gasteiger partial charge in [-0.3, -0.25) is 4.79 Å². The summed E-state index contributed by atoms with van der Waals surface area (Å²) in [5.41, 5.74) is 1.77. The van der Waals surface area contributed by atoms with Crippen LogP contribution in [0.2, 0.25) is 0 Å². The number of amides is 1. The summed E-state index contributed by atoms with van der Waals surface area (Å²) in [5, 5.41) is 5.32. The third kappa shape index (κ3) is 4.12. The van der Waals surface area contributed by atoms with Crippen LogP contribution in [-0.4, -0.2) is 52.2 Å². The Morgan fingerprint density at radius 2 is 1.97 bits per heavy atom. The molecule has 158 valence electrons. The molecule has 0 radical (unpaired) electrons. The van der Waals surface area contributed by atoms with Crippen LogP contribution in [0.1, 0.15) is 60.1 Å². The molecule has 2 saturated heterocycles. The smallest absolute Gasteiger partial charge is 0.253 e. The fourth-order valence-electron chi connectivity index (χ4n) is 4.60. The van der Waals surface area contributed by atoms with Crippen LogP contribution in [0.3, 0.4) is 0 Å². The van der Waals surface area contributed by atoms with Crippen molar-refractivity contribution in [1.29, 1.82) is 0 Å². The van der Waals surface area contributed by atoms with Gasteiger partial charge >= 0.3 is 0 Å². The number of carbonyl (C=O) groups excluding carboxylic acids is 1. The first-order chi connectivity index (χ1) is 14.8. The summed E-state index contributed by atoms with van der Waals surface area (Å²) in [6, 6.07) is 7.91. The van der Waals surface area contributed by atoms with E-state index in [0.29, 0.717) is 11.8 Å². The van der Waals surface area contributed by atoms with E-state index in [1.807, 2.05) is 35.4 Å². The molecule has 2 fully saturated rings. The molecule has 0 atom stereocenters. The number of hydrogen-bond donors (Lipinski definition) is 1. The summed E-state index contributed by atoms with van der Waals surface area (Å²) in [6.07, 6.45) is 7.77. The number of fused-ring (bicyclic) bond motifs is 1. The van der Waals surface area contributed by atoms with Gasteiger partial charge in [-0.2, -0.15) is 4.98 Å². The van der Waals surface area contributed by atoms with Crippen LogP contribution in [0.4, 0.5) is 0 Å². The van der Waals surface area contributed by atoms with E-state index in [0.717, 1.165) is 93.0 Å². The molecule has 7 nitrogen and oxygen atoms in total. The molecule has 0 aliphatic carbocycles. The number of nitrogens with zero attached hydrogens (tertiary/aromatic N) is 3. The lowest BCUT2D eigenvalue weighted by Gasteiger charge is -2.32. The zero-order chi connectivity index (χ0) is 20.3. The van der Waals surface area contributed by atoms with Crippen LogP contribution in [0.5, 0.6) is 0 Å². The molecule has 2 aromatic heterocycles. The summed E-state index contributed by atoms with van der Waals surface area (Å²) in [7, 11) is 0. The molecule has 4 heterocycles. The maximum Gasteiger partial charge on any atom is 0.253 e. The van der Waals surface area contributed by atoms with E-state index in [-0.39, 0.29) is 5.91 Å². The van der Waals surface area contributed by atoms with Crippen LogP contribution in [-0.2, 0) is 11.2 Å². The number of hydrogen-bond acceptors (Lipinski definition) is 5. The highest BCUT2D eigenvalue weighted by Gasteiger charge is 2.25. The van der Waals surface area contributed by atoms with Gasteiger partial charge in [-0.25, -0.2) is 0 Å². The fourth-order valence-corrected chi connectivity index (χ4v) is 4.60. The maximum absolute atomic E-state index is 12.9. The molecule has 5 rings (SSSR count). The van der Waals surface area contributed by atoms with E-state index < -0.39 is 0 Å². The summed E-state index contributed by atoms with van der Waals surface area (Å²) >= 11 is 0. The van der Waals surface area contributed by atoms with Crippen LogP contribution < -0.4 is 0 Å². The van der Waals surface area contributed by atoms with Crippen molar-refractivity contribution in [2.75, 3.05) is 26.3 Å². The van der Waals surface area contributed by atoms with E-state index in [1.54, 1.807) is 0 Å². The van der Waals surface area contributed by atoms with Crippen LogP contribution in [0, 0.1) is 5.92 Å². The predicted molar refractivity (Wildman–Crippen MR) is 112 cm³/mol. The third-order valence-electron chi connectivity index (χ3n) is 6.53. The van der Waals surface area contributed by atoms with Gasteiger partial charge in [-0.15, -0.1) is 0 Å². The molecule has 0 unspecified atom stereocenters. The minimum Gasteiger partial charge on any atom is -0.381 e. The Balaban J connectivity index is 1.11. The van der Waals surface area contributed by atoms with Gasteiger partial charge in [0.25, 0.3) is 5.91 Å². The monoisotopic (exact) mass is 408 g/mol. The zero-order valence-electron chi connectivity index (χ0n) is 17.2. The molecule has 1 N–H and O–H groups in total. The Labute approximate surface area is 175 Å². The Morgan fingerprint density at radius 3 is 2.80 bits per heavy atom. The van der Waals surface area contributed by atoms with Gasteiger partial charge in [0.2, 0.25) is 5.89 Å². The second-order valence-corrected chi connectivity index (χ2v) is 8.49. The van der Waals surface area contributed by atoms with Crippen molar-refractivity contribution in [3.8, 4) is 0 Å². The molecule has 0 saturated carbocycles. The summed E-state index contributed by atoms with van der Waals surface area (Å²) in [6.45, 7) is 3.18. The van der Waals surface area contributed by atoms with Gasteiger partial charge in [-0.05, 0) is 61.6 Å². The SMILES string of the molecule is O=C(c1ccc2cc[nH]c2c1)N1CCC(CCc2noc(C3CCOCC3)n2)CC1. The van der Waals surface area contributed by atoms with Crippen LogP contribution >= 0.6 is 0 Å². The van der Waals surface area contributed by atoms with Crippen molar-refractivity contribution in [3.63, 3.8) is 0 Å². The number of ether oxygens (including phenoxy) is 1. The van der Waals surface area contributed by atoms with E-state index in [9.17, 15) is 4.79 Å². The van der Waals surface area contributed by atoms with Crippen molar-refractivity contribution in [2.24, 2.45) is 5.92 Å². The van der Waals surface area contributed by atoms with Crippen molar-refractivity contribution in [2.45, 2.75) is 44.4 Å². The molecule has 0 spiro atoms. The second kappa shape index (κ2) is 8.60. The van der Waals surface area contributed by atoms with E-state index in [4.69, 9.17) is 9.26 Å². The lowest BCUT2D eigenvalue weighted by Crippen LogP contribution is -2.38. The molecular formula is C23H28N4O3. The standard InChI is InChI=1S/C23H28N4O3/c28-23(19-3-2-17-5-10-24-20(17)15-19)27-11-6-16(7-12-27)1-4-21-25-22(30-26-21)18-8-13-29-14-9-18/h2-3,5,10,15-16,18,24H,1,4,6-9,11-14H2. The Hall–Kier alpha value is -2.67. The minimum atomic E-state index is 0.129. The van der Waals surface area contributed by atoms with Gasteiger partial charge in [0.1, 0.15) is 0 Å². The third-order valence-corrected chi connectivity index (χ3v) is 6.53. The number of likely N-dealkylation sites (tertiary alicyclic amines) is 1. The van der Waals surface area contributed by atoms with Gasteiger partial charge in [0, 0.05) is 55.9 Å². The molecular weight excluding hydrogens is 380 g/mol. The highest BCUT2D eigenvalue weighted by molar-refractivity contribution is 5.97. The zero-order valence-corrected chi connectivity index (χ0v) is 17.2. The summed E-state index contributed by atoms with van der Waals surface area (Å²) in [5.74, 6) is 2.66. The molecule has 7 heteroatoms. The van der Waals surface area contributed by atoms with Crippen molar-refractivity contribution in [3.05, 3.63) is 47.7 Å². The maximum atomic E-state index is 12.9. The number of aryl methyl sites for hydroxylation is 1. The van der Waals surface area contributed by atoms with Crippen LogP contribution in [0.15, 0.2) is 35.0 Å². The molecule has 30 heavy (non-hydrogen) atoms. The van der Waals surface area contributed by atoms with Gasteiger partial charge in [0.15, 0.2) is 5.82 Å². The largest absolute Gasteiger partial charge is 0.381 e. The second-order valence-electron chi connectivity index (χ2n) is 8.49. The van der Waals surface area contributed by atoms with Crippen molar-refractivity contribution >= 4 is 16.8 Å². The molecule has 1 aromatic carbocycles. The summed E-state index contributed by atoms with van der Waals surface area (Å²) in [4.78, 5) is 22.7. The van der Waals surface area contributed by atoms with Crippen LogP contribution in [0.25, 0.3) is 10.9 Å². The summed E-state index contributed by atoms with van der Waals surface area (Å²) < 4.78 is 10.9. The highest BCUT2D eigenvalue weighted by Crippen LogP contribution is 2.27. The van der Waals surface area contributed by atoms with Crippen molar-refractivity contribution in [1.82, 2.24) is 20.0 Å². The fraction of sp³-hybridized carbons (Fsp3) is 0.522. The average molecular weight is 409 g/mol. The number of benzene rings is 1. The number of H-pyrrole nitrogens is 1. The molecule has 3 aromatic rings. The number of carbonyl (C=O) groups is 1. The lowest BCUT2D eigenvalue weighted by atomic mass is 9.91. The molecule has 1 amide bonds. The normalized spacial score (nSPS) is 18.9. The molecule has 2 aliphatic heterocycles. The van der Waals surface area contributed by atoms with E-state index in [1.165, 1.54) is 0 Å². The quantitative estimate of drug-likeness (QED) is 0.691. The minimum absolute atomic E-state index is 0.129. The van der Waals surface area contributed by atoms with E-state index >= 15 is 0 Å². The Bertz CT molecular complexity index is 997. The first-order valence-electron chi connectivity index (χ1n) is 11.0. The number of aromatic nitrogens is 3. The van der Waals surface area contributed by atoms with Crippen molar-refractivity contribution < 1.29 is 14.1 Å². The molecule has 0 bridgehead atoms. The van der Waals surface area contributed by atoms with E-state index in [2.05, 4.69) is 15.1 Å². The average Bonchev–Trinajstić information content (AvgIpc) is 3.47. The Kier molecular flexibility index (Phi) is 5.53. The first-order valence-corrected chi connectivity index (χ1v) is 11.0. The number of aromatic amines is 1. The first kappa shape index (κ1) is 19.3. The Morgan fingerprint density at radius 1 is 1.13 bits per heavy atom. The van der Waals surface area contributed by atoms with Gasteiger partial charge < -0.3 is 19.1 Å². The van der Waals surface area contributed by atoms with Gasteiger partial charge in [0.05, 0.1) is 0 Å². The van der Waals surface area contributed by atoms with Gasteiger partial charge in [-0.1, -0.05) is 11.2 Å². The number of piperidine rings is 1.